The van der Waals surface area contributed by atoms with Gasteiger partial charge in [-0.3, -0.25) is 19.5 Å². The van der Waals surface area contributed by atoms with Crippen molar-refractivity contribution in [2.75, 3.05) is 42.6 Å². The van der Waals surface area contributed by atoms with Gasteiger partial charge in [0.15, 0.2) is 5.82 Å². The number of fused-ring (bicyclic) bond motifs is 2. The summed E-state index contributed by atoms with van der Waals surface area (Å²) in [7, 11) is 0. The first kappa shape index (κ1) is 21.3. The topological polar surface area (TPSA) is 55.8 Å². The van der Waals surface area contributed by atoms with Gasteiger partial charge in [0.1, 0.15) is 5.82 Å². The van der Waals surface area contributed by atoms with E-state index in [4.69, 9.17) is 4.98 Å². The van der Waals surface area contributed by atoms with E-state index in [1.807, 2.05) is 29.3 Å². The molecule has 1 saturated heterocycles. The van der Waals surface area contributed by atoms with E-state index in [9.17, 15) is 4.79 Å². The van der Waals surface area contributed by atoms with Crippen LogP contribution in [-0.4, -0.2) is 64.6 Å². The summed E-state index contributed by atoms with van der Waals surface area (Å²) in [6.07, 6.45) is 5.83. The lowest BCUT2D eigenvalue weighted by molar-refractivity contribution is 0.0928. The molecule has 3 aromatic rings. The SMILES string of the molecule is Cc1ccnc2c1N(CN1CCN(Cc3ccccc3)CC1)C(=O)c1cccnc1N2C1CC1. The number of nitrogens with zero attached hydrogens (tertiary/aromatic N) is 6. The molecule has 2 aliphatic heterocycles. The number of piperazine rings is 1. The highest BCUT2D eigenvalue weighted by Gasteiger charge is 2.41. The zero-order chi connectivity index (χ0) is 23.1. The highest BCUT2D eigenvalue weighted by atomic mass is 16.2. The third-order valence-corrected chi connectivity index (χ3v) is 7.06. The Bertz CT molecular complexity index is 1190. The number of aryl methyl sites for hydroxylation is 1. The van der Waals surface area contributed by atoms with E-state index in [0.717, 1.165) is 68.5 Å². The quantitative estimate of drug-likeness (QED) is 0.584. The third-order valence-electron chi connectivity index (χ3n) is 7.06. The number of rotatable bonds is 5. The van der Waals surface area contributed by atoms with E-state index in [-0.39, 0.29) is 5.91 Å². The van der Waals surface area contributed by atoms with Crippen LogP contribution < -0.4 is 9.80 Å². The molecule has 0 spiro atoms. The summed E-state index contributed by atoms with van der Waals surface area (Å²) < 4.78 is 0. The lowest BCUT2D eigenvalue weighted by Gasteiger charge is -2.38. The molecular formula is C27H30N6O. The highest BCUT2D eigenvalue weighted by Crippen LogP contribution is 2.45. The molecular weight excluding hydrogens is 424 g/mol. The Balaban J connectivity index is 1.27. The number of carbonyl (C=O) groups excluding carboxylic acids is 1. The third kappa shape index (κ3) is 3.95. The van der Waals surface area contributed by atoms with E-state index >= 15 is 0 Å². The molecule has 2 fully saturated rings. The molecule has 1 aromatic carbocycles. The molecule has 0 unspecified atom stereocenters. The van der Waals surface area contributed by atoms with Gasteiger partial charge in [0, 0.05) is 51.2 Å². The molecule has 4 heterocycles. The van der Waals surface area contributed by atoms with Gasteiger partial charge in [-0.15, -0.1) is 0 Å². The van der Waals surface area contributed by atoms with Crippen molar-refractivity contribution in [2.24, 2.45) is 0 Å². The zero-order valence-corrected chi connectivity index (χ0v) is 19.6. The number of anilines is 3. The van der Waals surface area contributed by atoms with Crippen LogP contribution in [0.4, 0.5) is 17.3 Å². The molecule has 6 rings (SSSR count). The van der Waals surface area contributed by atoms with Crippen LogP contribution in [0.5, 0.6) is 0 Å². The Labute approximate surface area is 200 Å². The highest BCUT2D eigenvalue weighted by molar-refractivity contribution is 6.13. The second-order valence-corrected chi connectivity index (χ2v) is 9.53. The second-order valence-electron chi connectivity index (χ2n) is 9.53. The summed E-state index contributed by atoms with van der Waals surface area (Å²) in [6, 6.07) is 16.8. The normalized spacial score (nSPS) is 19.0. The van der Waals surface area contributed by atoms with Crippen molar-refractivity contribution in [3.63, 3.8) is 0 Å². The standard InChI is InChI=1S/C27H30N6O/c1-20-11-13-29-26-24(20)32(27(34)23-8-5-12-28-25(23)33(26)22-9-10-22)19-31-16-14-30(15-17-31)18-21-6-3-2-4-7-21/h2-8,11-13,22H,9-10,14-19H2,1H3. The zero-order valence-electron chi connectivity index (χ0n) is 19.6. The molecule has 0 bridgehead atoms. The fourth-order valence-corrected chi connectivity index (χ4v) is 5.09. The van der Waals surface area contributed by atoms with Crippen molar-refractivity contribution in [1.82, 2.24) is 19.8 Å². The van der Waals surface area contributed by atoms with Crippen molar-refractivity contribution in [3.8, 4) is 0 Å². The Morgan fingerprint density at radius 1 is 0.853 bits per heavy atom. The van der Waals surface area contributed by atoms with E-state index < -0.39 is 0 Å². The summed E-state index contributed by atoms with van der Waals surface area (Å²) in [4.78, 5) is 32.4. The average molecular weight is 455 g/mol. The fourth-order valence-electron chi connectivity index (χ4n) is 5.09. The fraction of sp³-hybridized carbons (Fsp3) is 0.370. The maximum atomic E-state index is 13.9. The smallest absolute Gasteiger partial charge is 0.263 e. The largest absolute Gasteiger partial charge is 0.305 e. The van der Waals surface area contributed by atoms with Gasteiger partial charge in [0.2, 0.25) is 0 Å². The summed E-state index contributed by atoms with van der Waals surface area (Å²) in [5, 5.41) is 0. The summed E-state index contributed by atoms with van der Waals surface area (Å²) in [5.74, 6) is 1.61. The Morgan fingerprint density at radius 2 is 1.59 bits per heavy atom. The van der Waals surface area contributed by atoms with Crippen LogP contribution >= 0.6 is 0 Å². The van der Waals surface area contributed by atoms with E-state index in [1.165, 1.54) is 5.56 Å². The Kier molecular flexibility index (Phi) is 5.51. The molecule has 2 aromatic heterocycles. The van der Waals surface area contributed by atoms with Crippen LogP contribution in [0.15, 0.2) is 60.9 Å². The second kappa shape index (κ2) is 8.81. The first-order valence-corrected chi connectivity index (χ1v) is 12.2. The van der Waals surface area contributed by atoms with Crippen molar-refractivity contribution >= 4 is 23.2 Å². The molecule has 7 heteroatoms. The summed E-state index contributed by atoms with van der Waals surface area (Å²) in [6.45, 7) is 7.44. The first-order chi connectivity index (χ1) is 16.7. The molecule has 34 heavy (non-hydrogen) atoms. The van der Waals surface area contributed by atoms with Gasteiger partial charge < -0.3 is 4.90 Å². The van der Waals surface area contributed by atoms with E-state index in [2.05, 4.69) is 56.9 Å². The minimum Gasteiger partial charge on any atom is -0.305 e. The maximum Gasteiger partial charge on any atom is 0.263 e. The molecule has 174 valence electrons. The Morgan fingerprint density at radius 3 is 2.35 bits per heavy atom. The first-order valence-electron chi connectivity index (χ1n) is 12.2. The molecule has 1 saturated carbocycles. The van der Waals surface area contributed by atoms with Gasteiger partial charge in [-0.2, -0.15) is 0 Å². The van der Waals surface area contributed by atoms with E-state index in [1.54, 1.807) is 6.20 Å². The maximum absolute atomic E-state index is 13.9. The van der Waals surface area contributed by atoms with Crippen LogP contribution in [0.2, 0.25) is 0 Å². The summed E-state index contributed by atoms with van der Waals surface area (Å²) >= 11 is 0. The van der Waals surface area contributed by atoms with Gasteiger partial charge in [-0.05, 0) is 49.1 Å². The van der Waals surface area contributed by atoms with Crippen molar-refractivity contribution < 1.29 is 4.79 Å². The van der Waals surface area contributed by atoms with Crippen LogP contribution in [-0.2, 0) is 6.54 Å². The van der Waals surface area contributed by atoms with Gasteiger partial charge >= 0.3 is 0 Å². The number of carbonyl (C=O) groups is 1. The monoisotopic (exact) mass is 454 g/mol. The van der Waals surface area contributed by atoms with Gasteiger partial charge in [0.05, 0.1) is 17.9 Å². The molecule has 0 N–H and O–H groups in total. The van der Waals surface area contributed by atoms with Gasteiger partial charge in [-0.1, -0.05) is 30.3 Å². The lowest BCUT2D eigenvalue weighted by atomic mass is 10.2. The number of benzene rings is 1. The number of hydrogen-bond donors (Lipinski definition) is 0. The van der Waals surface area contributed by atoms with E-state index in [0.29, 0.717) is 18.3 Å². The van der Waals surface area contributed by atoms with Crippen molar-refractivity contribution in [1.29, 1.82) is 0 Å². The number of pyridine rings is 2. The van der Waals surface area contributed by atoms with Crippen molar-refractivity contribution in [2.45, 2.75) is 32.4 Å². The predicted octanol–water partition coefficient (Wildman–Crippen LogP) is 3.82. The minimum atomic E-state index is 0.00955. The lowest BCUT2D eigenvalue weighted by Crippen LogP contribution is -2.51. The van der Waals surface area contributed by atoms with Gasteiger partial charge in [-0.25, -0.2) is 9.97 Å². The van der Waals surface area contributed by atoms with Crippen LogP contribution in [0.3, 0.4) is 0 Å². The number of hydrogen-bond acceptors (Lipinski definition) is 6. The Hall–Kier alpha value is -3.29. The molecule has 0 atom stereocenters. The van der Waals surface area contributed by atoms with Crippen LogP contribution in [0, 0.1) is 6.92 Å². The molecule has 7 nitrogen and oxygen atoms in total. The van der Waals surface area contributed by atoms with Crippen LogP contribution in [0.25, 0.3) is 0 Å². The van der Waals surface area contributed by atoms with Crippen molar-refractivity contribution in [3.05, 3.63) is 77.6 Å². The minimum absolute atomic E-state index is 0.00955. The predicted molar refractivity (Wildman–Crippen MR) is 133 cm³/mol. The molecule has 3 aliphatic rings. The summed E-state index contributed by atoms with van der Waals surface area (Å²) in [5.41, 5.74) is 4.00. The van der Waals surface area contributed by atoms with Gasteiger partial charge in [0.25, 0.3) is 5.91 Å². The number of aromatic nitrogens is 2. The molecule has 1 aliphatic carbocycles. The van der Waals surface area contributed by atoms with Crippen LogP contribution in [0.1, 0.15) is 34.3 Å². The molecule has 0 radical (unpaired) electrons. The molecule has 1 amide bonds. The number of amides is 1. The average Bonchev–Trinajstić information content (AvgIpc) is 3.70.